The quantitative estimate of drug-likeness (QED) is 0.559. The maximum absolute atomic E-state index is 10.3. The zero-order valence-corrected chi connectivity index (χ0v) is 8.33. The number of aromatic nitrogens is 2. The number of rotatable bonds is 3. The predicted molar refractivity (Wildman–Crippen MR) is 51.8 cm³/mol. The minimum absolute atomic E-state index is 0.0424. The Bertz CT molecular complexity index is 344. The molecule has 0 aromatic carbocycles. The van der Waals surface area contributed by atoms with Crippen molar-refractivity contribution in [2.24, 2.45) is 0 Å². The fourth-order valence-corrected chi connectivity index (χ4v) is 1.70. The fraction of sp³-hybridized carbons (Fsp3) is 0.667. The summed E-state index contributed by atoms with van der Waals surface area (Å²) in [6.07, 6.45) is 6.31. The summed E-state index contributed by atoms with van der Waals surface area (Å²) in [6.45, 7) is 0.571. The van der Waals surface area contributed by atoms with Crippen molar-refractivity contribution in [3.8, 4) is 0 Å². The van der Waals surface area contributed by atoms with Crippen molar-refractivity contribution < 1.29 is 9.66 Å². The molecule has 6 heteroatoms. The summed E-state index contributed by atoms with van der Waals surface area (Å²) in [5, 5.41) is 14.4. The Morgan fingerprint density at radius 3 is 3.20 bits per heavy atom. The van der Waals surface area contributed by atoms with E-state index < -0.39 is 0 Å². The van der Waals surface area contributed by atoms with Crippen LogP contribution in [0.4, 0.5) is 0 Å². The topological polar surface area (TPSA) is 70.2 Å². The maximum Gasteiger partial charge on any atom is 0.231 e. The molecule has 0 N–H and O–H groups in total. The lowest BCUT2D eigenvalue weighted by atomic mass is 10.2. The van der Waals surface area contributed by atoms with E-state index in [0.717, 1.165) is 25.9 Å². The van der Waals surface area contributed by atoms with E-state index in [0.29, 0.717) is 5.56 Å². The highest BCUT2D eigenvalue weighted by Crippen LogP contribution is 2.21. The minimum Gasteiger partial charge on any atom is -0.357 e. The van der Waals surface area contributed by atoms with Gasteiger partial charge in [0.05, 0.1) is 11.8 Å². The summed E-state index contributed by atoms with van der Waals surface area (Å²) < 4.78 is 7.19. The smallest absolute Gasteiger partial charge is 0.231 e. The zero-order chi connectivity index (χ0) is 10.7. The van der Waals surface area contributed by atoms with E-state index in [1.54, 1.807) is 10.9 Å². The summed E-state index contributed by atoms with van der Waals surface area (Å²) in [6, 6.07) is 0. The molecule has 0 spiro atoms. The standard InChI is InChI=1S/C9H13N3O3/c13-12(14)7-8-5-10-11(6-8)9-3-1-2-4-15-9/h5-6,9H,1-4,7H2/t9-/m1/s1. The molecule has 0 saturated carbocycles. The van der Waals surface area contributed by atoms with Crippen LogP contribution in [0.1, 0.15) is 31.1 Å². The van der Waals surface area contributed by atoms with Crippen LogP contribution in [-0.2, 0) is 11.3 Å². The van der Waals surface area contributed by atoms with Gasteiger partial charge in [-0.2, -0.15) is 5.10 Å². The number of nitro groups is 1. The van der Waals surface area contributed by atoms with Crippen molar-refractivity contribution in [3.05, 3.63) is 28.1 Å². The predicted octanol–water partition coefficient (Wildman–Crippen LogP) is 1.36. The summed E-state index contributed by atoms with van der Waals surface area (Å²) in [7, 11) is 0. The highest BCUT2D eigenvalue weighted by molar-refractivity contribution is 5.02. The van der Waals surface area contributed by atoms with Gasteiger partial charge in [0.1, 0.15) is 6.23 Å². The van der Waals surface area contributed by atoms with Crippen LogP contribution in [0.2, 0.25) is 0 Å². The molecule has 0 bridgehead atoms. The van der Waals surface area contributed by atoms with E-state index in [2.05, 4.69) is 5.10 Å². The highest BCUT2D eigenvalue weighted by atomic mass is 16.6. The Morgan fingerprint density at radius 1 is 1.67 bits per heavy atom. The van der Waals surface area contributed by atoms with Gasteiger partial charge in [0, 0.05) is 17.7 Å². The molecule has 0 unspecified atom stereocenters. The van der Waals surface area contributed by atoms with Gasteiger partial charge in [0.2, 0.25) is 6.54 Å². The zero-order valence-electron chi connectivity index (χ0n) is 8.33. The van der Waals surface area contributed by atoms with E-state index in [9.17, 15) is 10.1 Å². The fourth-order valence-electron chi connectivity index (χ4n) is 1.70. The third-order valence-corrected chi connectivity index (χ3v) is 2.42. The van der Waals surface area contributed by atoms with E-state index >= 15 is 0 Å². The van der Waals surface area contributed by atoms with Gasteiger partial charge in [0.15, 0.2) is 0 Å². The van der Waals surface area contributed by atoms with Gasteiger partial charge in [0.25, 0.3) is 0 Å². The minimum atomic E-state index is -0.358. The van der Waals surface area contributed by atoms with Crippen molar-refractivity contribution in [3.63, 3.8) is 0 Å². The molecule has 1 aromatic rings. The van der Waals surface area contributed by atoms with Crippen molar-refractivity contribution in [2.45, 2.75) is 32.0 Å². The number of hydrogen-bond acceptors (Lipinski definition) is 4. The molecule has 2 heterocycles. The Hall–Kier alpha value is -1.43. The van der Waals surface area contributed by atoms with E-state index in [-0.39, 0.29) is 17.7 Å². The van der Waals surface area contributed by atoms with Gasteiger partial charge in [-0.05, 0) is 19.3 Å². The number of nitrogens with zero attached hydrogens (tertiary/aromatic N) is 3. The monoisotopic (exact) mass is 211 g/mol. The first-order valence-corrected chi connectivity index (χ1v) is 5.02. The Balaban J connectivity index is 2.02. The third kappa shape index (κ3) is 2.53. The molecule has 1 aromatic heterocycles. The summed E-state index contributed by atoms with van der Waals surface area (Å²) in [4.78, 5) is 9.93. The highest BCUT2D eigenvalue weighted by Gasteiger charge is 2.17. The molecule has 1 saturated heterocycles. The average molecular weight is 211 g/mol. The van der Waals surface area contributed by atoms with Crippen LogP contribution in [0.3, 0.4) is 0 Å². The van der Waals surface area contributed by atoms with Crippen LogP contribution in [0.15, 0.2) is 12.4 Å². The van der Waals surface area contributed by atoms with Crippen LogP contribution in [0.5, 0.6) is 0 Å². The molecule has 6 nitrogen and oxygen atoms in total. The molecule has 1 fully saturated rings. The third-order valence-electron chi connectivity index (χ3n) is 2.42. The molecule has 2 rings (SSSR count). The number of ether oxygens (including phenoxy) is 1. The van der Waals surface area contributed by atoms with E-state index in [1.165, 1.54) is 6.20 Å². The molecule has 0 aliphatic carbocycles. The molecular weight excluding hydrogens is 198 g/mol. The molecule has 1 atom stereocenters. The Kier molecular flexibility index (Phi) is 2.96. The molecule has 82 valence electrons. The first kappa shape index (κ1) is 10.1. The van der Waals surface area contributed by atoms with Gasteiger partial charge in [-0.25, -0.2) is 4.68 Å². The molecule has 1 aliphatic rings. The molecule has 0 radical (unpaired) electrons. The Morgan fingerprint density at radius 2 is 2.53 bits per heavy atom. The second-order valence-corrected chi connectivity index (χ2v) is 3.64. The van der Waals surface area contributed by atoms with Crippen LogP contribution >= 0.6 is 0 Å². The van der Waals surface area contributed by atoms with Crippen molar-refractivity contribution in [1.29, 1.82) is 0 Å². The molecule has 0 amide bonds. The lowest BCUT2D eigenvalue weighted by molar-refractivity contribution is -0.496. The van der Waals surface area contributed by atoms with Gasteiger partial charge >= 0.3 is 0 Å². The second-order valence-electron chi connectivity index (χ2n) is 3.64. The van der Waals surface area contributed by atoms with Crippen molar-refractivity contribution in [2.75, 3.05) is 6.61 Å². The van der Waals surface area contributed by atoms with Gasteiger partial charge in [-0.15, -0.1) is 0 Å². The van der Waals surface area contributed by atoms with E-state index in [4.69, 9.17) is 4.74 Å². The van der Waals surface area contributed by atoms with Crippen LogP contribution < -0.4 is 0 Å². The van der Waals surface area contributed by atoms with Crippen LogP contribution in [-0.4, -0.2) is 21.3 Å². The first-order chi connectivity index (χ1) is 7.25. The molecular formula is C9H13N3O3. The lowest BCUT2D eigenvalue weighted by Crippen LogP contribution is -2.18. The SMILES string of the molecule is O=[N+]([O-])Cc1cnn([C@H]2CCCCO2)c1. The summed E-state index contributed by atoms with van der Waals surface area (Å²) in [5.74, 6) is 0. The largest absolute Gasteiger partial charge is 0.357 e. The summed E-state index contributed by atoms with van der Waals surface area (Å²) in [5.41, 5.74) is 0.620. The molecule has 1 aliphatic heterocycles. The van der Waals surface area contributed by atoms with Gasteiger partial charge < -0.3 is 4.74 Å². The average Bonchev–Trinajstić information content (AvgIpc) is 2.67. The number of hydrogen-bond donors (Lipinski definition) is 0. The van der Waals surface area contributed by atoms with Crippen molar-refractivity contribution >= 4 is 0 Å². The van der Waals surface area contributed by atoms with Crippen LogP contribution in [0, 0.1) is 10.1 Å². The van der Waals surface area contributed by atoms with Gasteiger partial charge in [-0.3, -0.25) is 10.1 Å². The maximum atomic E-state index is 10.3. The first-order valence-electron chi connectivity index (χ1n) is 5.02. The lowest BCUT2D eigenvalue weighted by Gasteiger charge is -2.22. The summed E-state index contributed by atoms with van der Waals surface area (Å²) >= 11 is 0. The Labute approximate surface area is 87.0 Å². The van der Waals surface area contributed by atoms with Crippen LogP contribution in [0.25, 0.3) is 0 Å². The molecule has 15 heavy (non-hydrogen) atoms. The van der Waals surface area contributed by atoms with Crippen molar-refractivity contribution in [1.82, 2.24) is 9.78 Å². The second kappa shape index (κ2) is 4.39. The van der Waals surface area contributed by atoms with Gasteiger partial charge in [-0.1, -0.05) is 0 Å². The normalized spacial score (nSPS) is 21.5. The van der Waals surface area contributed by atoms with E-state index in [1.807, 2.05) is 0 Å².